The summed E-state index contributed by atoms with van der Waals surface area (Å²) < 4.78 is 38.3. The largest absolute Gasteiger partial charge is 0.496 e. The Labute approximate surface area is 152 Å². The number of methoxy groups -OCH3 is 1. The molecule has 9 heteroatoms. The number of imide groups is 1. The number of nitrogens with one attached hydrogen (secondary N) is 1. The van der Waals surface area contributed by atoms with Crippen LogP contribution in [0.25, 0.3) is 0 Å². The van der Waals surface area contributed by atoms with Crippen molar-refractivity contribution in [2.75, 3.05) is 13.7 Å². The number of alkyl halides is 2. The third-order valence-corrected chi connectivity index (χ3v) is 3.23. The number of carbonyl (C=O) groups excluding carboxylic acids is 3. The Morgan fingerprint density at radius 2 is 1.81 bits per heavy atom. The van der Waals surface area contributed by atoms with Gasteiger partial charge in [0.15, 0.2) is 6.61 Å². The average Bonchev–Trinajstić information content (AvgIpc) is 2.65. The summed E-state index contributed by atoms with van der Waals surface area (Å²) >= 11 is 0. The Morgan fingerprint density at radius 3 is 2.52 bits per heavy atom. The molecule has 2 aromatic carbocycles. The van der Waals surface area contributed by atoms with Crippen molar-refractivity contribution < 1.29 is 37.4 Å². The van der Waals surface area contributed by atoms with Crippen LogP contribution in [-0.2, 0) is 9.53 Å². The van der Waals surface area contributed by atoms with E-state index in [9.17, 15) is 23.2 Å². The zero-order valence-corrected chi connectivity index (χ0v) is 14.1. The summed E-state index contributed by atoms with van der Waals surface area (Å²) in [7, 11) is 1.38. The maximum Gasteiger partial charge on any atom is 0.387 e. The van der Waals surface area contributed by atoms with Crippen LogP contribution in [0.3, 0.4) is 0 Å². The number of hydrogen-bond donors (Lipinski definition) is 1. The van der Waals surface area contributed by atoms with Crippen LogP contribution in [0.1, 0.15) is 20.7 Å². The van der Waals surface area contributed by atoms with Crippen LogP contribution in [0.4, 0.5) is 8.78 Å². The van der Waals surface area contributed by atoms with Crippen LogP contribution < -0.4 is 14.8 Å². The van der Waals surface area contributed by atoms with Gasteiger partial charge in [0.2, 0.25) is 0 Å². The highest BCUT2D eigenvalue weighted by atomic mass is 19.3. The molecule has 0 heterocycles. The standard InChI is InChI=1S/C18H15F2NO6/c1-25-14-8-3-2-7-13(14)16(23)21-15(22)10-26-17(24)11-5-4-6-12(9-11)27-18(19)20/h2-9,18H,10H2,1H3,(H,21,22,23). The molecule has 0 radical (unpaired) electrons. The van der Waals surface area contributed by atoms with Gasteiger partial charge in [-0.2, -0.15) is 8.78 Å². The summed E-state index contributed by atoms with van der Waals surface area (Å²) in [5.74, 6) is -2.47. The fraction of sp³-hybridized carbons (Fsp3) is 0.167. The summed E-state index contributed by atoms with van der Waals surface area (Å²) in [6.07, 6.45) is 0. The lowest BCUT2D eigenvalue weighted by molar-refractivity contribution is -0.123. The smallest absolute Gasteiger partial charge is 0.387 e. The van der Waals surface area contributed by atoms with Crippen LogP contribution in [0.2, 0.25) is 0 Å². The summed E-state index contributed by atoms with van der Waals surface area (Å²) in [6, 6.07) is 11.2. The molecule has 0 aliphatic heterocycles. The third kappa shape index (κ3) is 5.77. The van der Waals surface area contributed by atoms with Gasteiger partial charge in [-0.1, -0.05) is 18.2 Å². The van der Waals surface area contributed by atoms with Crippen molar-refractivity contribution >= 4 is 17.8 Å². The van der Waals surface area contributed by atoms with E-state index in [2.05, 4.69) is 10.1 Å². The molecule has 7 nitrogen and oxygen atoms in total. The van der Waals surface area contributed by atoms with Gasteiger partial charge in [0, 0.05) is 0 Å². The second-order valence-electron chi connectivity index (χ2n) is 5.06. The van der Waals surface area contributed by atoms with Gasteiger partial charge in [-0.3, -0.25) is 14.9 Å². The maximum atomic E-state index is 12.2. The number of ether oxygens (including phenoxy) is 3. The maximum absolute atomic E-state index is 12.2. The third-order valence-electron chi connectivity index (χ3n) is 3.23. The number of esters is 1. The minimum Gasteiger partial charge on any atom is -0.496 e. The molecule has 0 atom stereocenters. The number of halogens is 2. The van der Waals surface area contributed by atoms with Gasteiger partial charge < -0.3 is 14.2 Å². The van der Waals surface area contributed by atoms with Gasteiger partial charge in [0.25, 0.3) is 11.8 Å². The lowest BCUT2D eigenvalue weighted by Crippen LogP contribution is -2.34. The molecule has 2 aromatic rings. The summed E-state index contributed by atoms with van der Waals surface area (Å²) in [5.41, 5.74) is 0.0496. The van der Waals surface area contributed by atoms with E-state index in [1.54, 1.807) is 18.2 Å². The molecule has 142 valence electrons. The Kier molecular flexibility index (Phi) is 6.81. The van der Waals surface area contributed by atoms with Gasteiger partial charge in [-0.15, -0.1) is 0 Å². The minimum absolute atomic E-state index is 0.0861. The lowest BCUT2D eigenvalue weighted by atomic mass is 10.2. The Bertz CT molecular complexity index is 840. The number of carbonyl (C=O) groups is 3. The highest BCUT2D eigenvalue weighted by Gasteiger charge is 2.17. The molecular formula is C18H15F2NO6. The van der Waals surface area contributed by atoms with E-state index >= 15 is 0 Å². The van der Waals surface area contributed by atoms with E-state index < -0.39 is 31.0 Å². The number of para-hydroxylation sites is 1. The van der Waals surface area contributed by atoms with E-state index in [0.717, 1.165) is 6.07 Å². The molecule has 0 unspecified atom stereocenters. The molecule has 0 aromatic heterocycles. The first-order valence-electron chi connectivity index (χ1n) is 7.60. The lowest BCUT2D eigenvalue weighted by Gasteiger charge is -2.09. The molecule has 1 N–H and O–H groups in total. The van der Waals surface area contributed by atoms with Crippen LogP contribution in [0.15, 0.2) is 48.5 Å². The molecule has 2 rings (SSSR count). The van der Waals surface area contributed by atoms with Crippen LogP contribution >= 0.6 is 0 Å². The Hall–Kier alpha value is -3.49. The van der Waals surface area contributed by atoms with Crippen LogP contribution in [0, 0.1) is 0 Å². The SMILES string of the molecule is COc1ccccc1C(=O)NC(=O)COC(=O)c1cccc(OC(F)F)c1. The van der Waals surface area contributed by atoms with Crippen molar-refractivity contribution in [3.63, 3.8) is 0 Å². The number of benzene rings is 2. The zero-order valence-electron chi connectivity index (χ0n) is 14.1. The molecule has 0 saturated carbocycles. The number of amides is 2. The quantitative estimate of drug-likeness (QED) is 0.743. The predicted octanol–water partition coefficient (Wildman–Crippen LogP) is 2.41. The number of rotatable bonds is 7. The van der Waals surface area contributed by atoms with Crippen molar-refractivity contribution in [2.24, 2.45) is 0 Å². The van der Waals surface area contributed by atoms with Gasteiger partial charge in [-0.05, 0) is 30.3 Å². The highest BCUT2D eigenvalue weighted by Crippen LogP contribution is 2.17. The van der Waals surface area contributed by atoms with E-state index in [1.165, 1.54) is 31.4 Å². The van der Waals surface area contributed by atoms with Crippen molar-refractivity contribution in [2.45, 2.75) is 6.61 Å². The average molecular weight is 379 g/mol. The molecule has 0 aliphatic carbocycles. The van der Waals surface area contributed by atoms with Gasteiger partial charge in [-0.25, -0.2) is 4.79 Å². The van der Waals surface area contributed by atoms with Gasteiger partial charge in [0.1, 0.15) is 11.5 Å². The molecule has 0 spiro atoms. The van der Waals surface area contributed by atoms with Crippen molar-refractivity contribution in [3.05, 3.63) is 59.7 Å². The van der Waals surface area contributed by atoms with Gasteiger partial charge >= 0.3 is 12.6 Å². The Balaban J connectivity index is 1.91. The second kappa shape index (κ2) is 9.27. The second-order valence-corrected chi connectivity index (χ2v) is 5.06. The van der Waals surface area contributed by atoms with E-state index in [-0.39, 0.29) is 22.6 Å². The van der Waals surface area contributed by atoms with E-state index in [4.69, 9.17) is 9.47 Å². The van der Waals surface area contributed by atoms with Gasteiger partial charge in [0.05, 0.1) is 18.2 Å². The molecule has 0 bridgehead atoms. The van der Waals surface area contributed by atoms with E-state index in [0.29, 0.717) is 0 Å². The molecule has 2 amide bonds. The highest BCUT2D eigenvalue weighted by molar-refractivity contribution is 6.07. The molecule has 27 heavy (non-hydrogen) atoms. The molecule has 0 aliphatic rings. The summed E-state index contributed by atoms with van der Waals surface area (Å²) in [5, 5.41) is 2.06. The summed E-state index contributed by atoms with van der Waals surface area (Å²) in [6.45, 7) is -3.78. The first kappa shape index (κ1) is 19.8. The Morgan fingerprint density at radius 1 is 1.07 bits per heavy atom. The minimum atomic E-state index is -3.04. The predicted molar refractivity (Wildman–Crippen MR) is 88.8 cm³/mol. The number of hydrogen-bond acceptors (Lipinski definition) is 6. The van der Waals surface area contributed by atoms with E-state index in [1.807, 2.05) is 0 Å². The van der Waals surface area contributed by atoms with Crippen molar-refractivity contribution in [1.29, 1.82) is 0 Å². The molecule has 0 fully saturated rings. The topological polar surface area (TPSA) is 90.9 Å². The molecule has 0 saturated heterocycles. The first-order chi connectivity index (χ1) is 12.9. The van der Waals surface area contributed by atoms with Crippen LogP contribution in [0.5, 0.6) is 11.5 Å². The normalized spacial score (nSPS) is 10.2. The zero-order chi connectivity index (χ0) is 19.8. The van der Waals surface area contributed by atoms with Crippen LogP contribution in [-0.4, -0.2) is 38.1 Å². The fourth-order valence-electron chi connectivity index (χ4n) is 2.08. The monoisotopic (exact) mass is 379 g/mol. The summed E-state index contributed by atoms with van der Waals surface area (Å²) in [4.78, 5) is 35.8. The first-order valence-corrected chi connectivity index (χ1v) is 7.60. The molecular weight excluding hydrogens is 364 g/mol. The fourth-order valence-corrected chi connectivity index (χ4v) is 2.08. The van der Waals surface area contributed by atoms with Crippen molar-refractivity contribution in [1.82, 2.24) is 5.32 Å². The van der Waals surface area contributed by atoms with Crippen molar-refractivity contribution in [3.8, 4) is 11.5 Å².